The summed E-state index contributed by atoms with van der Waals surface area (Å²) >= 11 is 0. The van der Waals surface area contributed by atoms with E-state index in [0.717, 1.165) is 0 Å². The molecule has 4 heteroatoms. The van der Waals surface area contributed by atoms with Gasteiger partial charge in [-0.3, -0.25) is 9.59 Å². The first-order valence-electron chi connectivity index (χ1n) is 4.50. The molecule has 0 saturated heterocycles. The van der Waals surface area contributed by atoms with Gasteiger partial charge in [0, 0.05) is 13.1 Å². The van der Waals surface area contributed by atoms with E-state index >= 15 is 0 Å². The summed E-state index contributed by atoms with van der Waals surface area (Å²) in [7, 11) is 1.74. The van der Waals surface area contributed by atoms with E-state index in [1.807, 2.05) is 20.8 Å². The Morgan fingerprint density at radius 1 is 1.54 bits per heavy atom. The van der Waals surface area contributed by atoms with Gasteiger partial charge >= 0.3 is 0 Å². The maximum atomic E-state index is 11.6. The largest absolute Gasteiger partial charge is 0.347 e. The number of hydrogen-bond donors (Lipinski definition) is 1. The molecule has 1 atom stereocenters. The lowest BCUT2D eigenvalue weighted by Crippen LogP contribution is -2.46. The normalized spacial score (nSPS) is 12.4. The number of carbonyl (C=O) groups is 2. The van der Waals surface area contributed by atoms with E-state index in [2.05, 4.69) is 5.32 Å². The molecule has 0 aromatic carbocycles. The second kappa shape index (κ2) is 5.56. The highest BCUT2D eigenvalue weighted by Gasteiger charge is 2.20. The third-order valence-electron chi connectivity index (χ3n) is 2.10. The van der Waals surface area contributed by atoms with Gasteiger partial charge in [-0.1, -0.05) is 6.92 Å². The Labute approximate surface area is 79.3 Å². The van der Waals surface area contributed by atoms with Gasteiger partial charge in [0.25, 0.3) is 0 Å². The highest BCUT2D eigenvalue weighted by molar-refractivity contribution is 5.83. The van der Waals surface area contributed by atoms with Crippen molar-refractivity contribution in [1.82, 2.24) is 10.2 Å². The van der Waals surface area contributed by atoms with Crippen molar-refractivity contribution >= 4 is 12.3 Å². The summed E-state index contributed by atoms with van der Waals surface area (Å²) in [5.74, 6) is -0.0374. The van der Waals surface area contributed by atoms with Crippen molar-refractivity contribution < 1.29 is 9.59 Å². The standard InChI is InChI=1S/C9H18N2O2/c1-5-8(10-6-12)9(13)11(4)7(2)3/h6-8H,5H2,1-4H3,(H,10,12)/t8-/m1/s1. The first kappa shape index (κ1) is 11.9. The molecule has 0 unspecified atom stereocenters. The average Bonchev–Trinajstić information content (AvgIpc) is 2.11. The van der Waals surface area contributed by atoms with Crippen molar-refractivity contribution in [2.24, 2.45) is 0 Å². The molecule has 0 radical (unpaired) electrons. The van der Waals surface area contributed by atoms with Crippen molar-refractivity contribution in [3.05, 3.63) is 0 Å². The maximum absolute atomic E-state index is 11.6. The lowest BCUT2D eigenvalue weighted by atomic mass is 10.2. The van der Waals surface area contributed by atoms with E-state index in [1.165, 1.54) is 0 Å². The molecule has 0 saturated carbocycles. The number of carbonyl (C=O) groups excluding carboxylic acids is 2. The topological polar surface area (TPSA) is 49.4 Å². The van der Waals surface area contributed by atoms with E-state index in [-0.39, 0.29) is 18.0 Å². The van der Waals surface area contributed by atoms with Gasteiger partial charge in [0.1, 0.15) is 6.04 Å². The third kappa shape index (κ3) is 3.44. The number of nitrogens with one attached hydrogen (secondary N) is 1. The highest BCUT2D eigenvalue weighted by Crippen LogP contribution is 2.00. The SMILES string of the molecule is CC[C@@H](NC=O)C(=O)N(C)C(C)C. The zero-order valence-corrected chi connectivity index (χ0v) is 8.70. The highest BCUT2D eigenvalue weighted by atomic mass is 16.2. The summed E-state index contributed by atoms with van der Waals surface area (Å²) in [4.78, 5) is 23.4. The fraction of sp³-hybridized carbons (Fsp3) is 0.778. The first-order valence-corrected chi connectivity index (χ1v) is 4.50. The van der Waals surface area contributed by atoms with Crippen LogP contribution in [0.2, 0.25) is 0 Å². The number of rotatable bonds is 5. The molecular formula is C9H18N2O2. The molecule has 0 spiro atoms. The summed E-state index contributed by atoms with van der Waals surface area (Å²) in [6, 6.07) is -0.222. The Hall–Kier alpha value is -1.06. The van der Waals surface area contributed by atoms with Crippen LogP contribution in [0.4, 0.5) is 0 Å². The van der Waals surface area contributed by atoms with Crippen LogP contribution >= 0.6 is 0 Å². The molecule has 0 rings (SSSR count). The maximum Gasteiger partial charge on any atom is 0.245 e. The van der Waals surface area contributed by atoms with Crippen LogP contribution < -0.4 is 5.32 Å². The first-order chi connectivity index (χ1) is 6.04. The molecule has 0 fully saturated rings. The fourth-order valence-corrected chi connectivity index (χ4v) is 0.946. The molecule has 0 aliphatic heterocycles. The molecule has 4 nitrogen and oxygen atoms in total. The molecule has 0 aliphatic carbocycles. The van der Waals surface area contributed by atoms with Gasteiger partial charge < -0.3 is 10.2 Å². The van der Waals surface area contributed by atoms with Crippen LogP contribution in [0.3, 0.4) is 0 Å². The quantitative estimate of drug-likeness (QED) is 0.631. The molecule has 0 aliphatic rings. The molecular weight excluding hydrogens is 168 g/mol. The molecule has 76 valence electrons. The van der Waals surface area contributed by atoms with Crippen molar-refractivity contribution in [1.29, 1.82) is 0 Å². The van der Waals surface area contributed by atoms with Crippen molar-refractivity contribution in [3.63, 3.8) is 0 Å². The van der Waals surface area contributed by atoms with E-state index in [0.29, 0.717) is 12.8 Å². The fourth-order valence-electron chi connectivity index (χ4n) is 0.946. The lowest BCUT2D eigenvalue weighted by Gasteiger charge is -2.25. The molecule has 13 heavy (non-hydrogen) atoms. The minimum atomic E-state index is -0.384. The van der Waals surface area contributed by atoms with Gasteiger partial charge in [-0.05, 0) is 20.3 Å². The van der Waals surface area contributed by atoms with E-state index in [4.69, 9.17) is 0 Å². The monoisotopic (exact) mass is 186 g/mol. The zero-order chi connectivity index (χ0) is 10.4. The van der Waals surface area contributed by atoms with Crippen LogP contribution in [0.15, 0.2) is 0 Å². The Kier molecular flexibility index (Phi) is 5.11. The van der Waals surface area contributed by atoms with Crippen LogP contribution in [0.1, 0.15) is 27.2 Å². The molecule has 1 N–H and O–H groups in total. The smallest absolute Gasteiger partial charge is 0.245 e. The lowest BCUT2D eigenvalue weighted by molar-refractivity contribution is -0.135. The molecule has 0 aromatic rings. The third-order valence-corrected chi connectivity index (χ3v) is 2.10. The summed E-state index contributed by atoms with van der Waals surface area (Å²) in [6.07, 6.45) is 1.19. The van der Waals surface area contributed by atoms with E-state index in [1.54, 1.807) is 11.9 Å². The zero-order valence-electron chi connectivity index (χ0n) is 8.70. The Balaban J connectivity index is 4.27. The minimum absolute atomic E-state index is 0.0374. The number of likely N-dealkylation sites (N-methyl/N-ethyl adjacent to an activating group) is 1. The Bertz CT molecular complexity index is 180. The summed E-state index contributed by atoms with van der Waals surface area (Å²) in [6.45, 7) is 5.74. The van der Waals surface area contributed by atoms with Crippen molar-refractivity contribution in [3.8, 4) is 0 Å². The van der Waals surface area contributed by atoms with Crippen LogP contribution in [0, 0.1) is 0 Å². The summed E-state index contributed by atoms with van der Waals surface area (Å²) < 4.78 is 0. The van der Waals surface area contributed by atoms with Gasteiger partial charge in [0.2, 0.25) is 12.3 Å². The van der Waals surface area contributed by atoms with Gasteiger partial charge in [0.05, 0.1) is 0 Å². The molecule has 0 bridgehead atoms. The van der Waals surface area contributed by atoms with E-state index in [9.17, 15) is 9.59 Å². The number of hydrogen-bond acceptors (Lipinski definition) is 2. The Morgan fingerprint density at radius 3 is 2.38 bits per heavy atom. The number of amides is 2. The Morgan fingerprint density at radius 2 is 2.08 bits per heavy atom. The molecule has 0 aromatic heterocycles. The summed E-state index contributed by atoms with van der Waals surface area (Å²) in [5.41, 5.74) is 0. The van der Waals surface area contributed by atoms with Crippen LogP contribution in [0.5, 0.6) is 0 Å². The molecule has 2 amide bonds. The molecule has 0 heterocycles. The van der Waals surface area contributed by atoms with Gasteiger partial charge in [0.15, 0.2) is 0 Å². The number of nitrogens with zero attached hydrogens (tertiary/aromatic N) is 1. The van der Waals surface area contributed by atoms with Gasteiger partial charge in [-0.15, -0.1) is 0 Å². The van der Waals surface area contributed by atoms with Crippen LogP contribution in [0.25, 0.3) is 0 Å². The second-order valence-corrected chi connectivity index (χ2v) is 3.29. The van der Waals surface area contributed by atoms with Crippen LogP contribution in [-0.4, -0.2) is 36.3 Å². The van der Waals surface area contributed by atoms with Gasteiger partial charge in [-0.2, -0.15) is 0 Å². The van der Waals surface area contributed by atoms with E-state index < -0.39 is 0 Å². The van der Waals surface area contributed by atoms with Crippen LogP contribution in [-0.2, 0) is 9.59 Å². The predicted molar refractivity (Wildman–Crippen MR) is 51.2 cm³/mol. The van der Waals surface area contributed by atoms with Gasteiger partial charge in [-0.25, -0.2) is 0 Å². The second-order valence-electron chi connectivity index (χ2n) is 3.29. The van der Waals surface area contributed by atoms with Crippen molar-refractivity contribution in [2.75, 3.05) is 7.05 Å². The predicted octanol–water partition coefficient (Wildman–Crippen LogP) is 0.378. The van der Waals surface area contributed by atoms with Crippen molar-refractivity contribution in [2.45, 2.75) is 39.3 Å². The summed E-state index contributed by atoms with van der Waals surface area (Å²) in [5, 5.41) is 2.50. The minimum Gasteiger partial charge on any atom is -0.347 e. The average molecular weight is 186 g/mol.